The molecule has 0 bridgehead atoms. The van der Waals surface area contributed by atoms with Gasteiger partial charge in [0, 0.05) is 17.2 Å². The highest BCUT2D eigenvalue weighted by molar-refractivity contribution is 6.43. The lowest BCUT2D eigenvalue weighted by Crippen LogP contribution is -2.27. The Morgan fingerprint density at radius 1 is 1.12 bits per heavy atom. The highest BCUT2D eigenvalue weighted by Crippen LogP contribution is 2.31. The van der Waals surface area contributed by atoms with Crippen LogP contribution in [0.5, 0.6) is 0 Å². The van der Waals surface area contributed by atoms with E-state index in [1.807, 2.05) is 0 Å². The van der Waals surface area contributed by atoms with E-state index in [-0.39, 0.29) is 11.4 Å². The molecule has 0 radical (unpaired) electrons. The maximum absolute atomic E-state index is 11.8. The lowest BCUT2D eigenvalue weighted by molar-refractivity contribution is -0.378. The molecule has 3 rings (SSSR count). The number of nitroso groups, excluding NO2 is 1. The monoisotopic (exact) mass is 226 g/mol. The molecule has 2 aromatic rings. The van der Waals surface area contributed by atoms with Crippen molar-refractivity contribution in [1.82, 2.24) is 4.98 Å². The average Bonchev–Trinajstić information content (AvgIpc) is 2.87. The Morgan fingerprint density at radius 2 is 1.94 bits per heavy atom. The van der Waals surface area contributed by atoms with Gasteiger partial charge in [0.25, 0.3) is 5.69 Å². The molecular weight excluding hydrogens is 218 g/mol. The Balaban J connectivity index is 2.22. The number of hydrogen-bond acceptors (Lipinski definition) is 3. The summed E-state index contributed by atoms with van der Waals surface area (Å²) >= 11 is 0. The molecule has 1 aromatic carbocycles. The second kappa shape index (κ2) is 3.48. The minimum atomic E-state index is -0.647. The van der Waals surface area contributed by atoms with Crippen LogP contribution in [0.4, 0.5) is 11.4 Å². The highest BCUT2D eigenvalue weighted by atomic mass is 16.3. The molecular formula is C12H8N3O2+. The quantitative estimate of drug-likeness (QED) is 0.756. The fourth-order valence-electron chi connectivity index (χ4n) is 1.76. The second-order valence-corrected chi connectivity index (χ2v) is 3.63. The first-order chi connectivity index (χ1) is 8.27. The summed E-state index contributed by atoms with van der Waals surface area (Å²) in [5.41, 5.74) is 1.48. The Kier molecular flexibility index (Phi) is 1.98. The summed E-state index contributed by atoms with van der Waals surface area (Å²) in [6, 6.07) is 10.2. The third-order valence-electron chi connectivity index (χ3n) is 2.57. The molecule has 0 spiro atoms. The number of aromatic amines is 1. The molecule has 2 heterocycles. The first-order valence-corrected chi connectivity index (χ1v) is 5.10. The maximum Gasteiger partial charge on any atom is 0.492 e. The number of carbonyl (C=O) groups excluding carboxylic acids is 1. The lowest BCUT2D eigenvalue weighted by atomic mass is 10.1. The third-order valence-corrected chi connectivity index (χ3v) is 2.57. The molecule has 0 saturated carbocycles. The molecule has 5 nitrogen and oxygen atoms in total. The average molecular weight is 226 g/mol. The number of aliphatic imine (C=N–C) groups is 1. The molecule has 1 aliphatic heterocycles. The molecule has 0 aliphatic carbocycles. The van der Waals surface area contributed by atoms with Crippen LogP contribution in [0.3, 0.4) is 0 Å². The first kappa shape index (κ1) is 9.65. The molecule has 82 valence electrons. The molecule has 0 fully saturated rings. The smallest absolute Gasteiger partial charge is 0.360 e. The van der Waals surface area contributed by atoms with Gasteiger partial charge in [0.15, 0.2) is 0 Å². The number of aromatic nitrogens is 1. The third kappa shape index (κ3) is 1.40. The summed E-state index contributed by atoms with van der Waals surface area (Å²) in [4.78, 5) is 30.7. The second-order valence-electron chi connectivity index (χ2n) is 3.63. The predicted octanol–water partition coefficient (Wildman–Crippen LogP) is 2.09. The van der Waals surface area contributed by atoms with E-state index in [4.69, 9.17) is 0 Å². The molecule has 0 atom stereocenters. The zero-order chi connectivity index (χ0) is 11.8. The van der Waals surface area contributed by atoms with Crippen molar-refractivity contribution in [2.75, 3.05) is 0 Å². The number of nitrogens with zero attached hydrogens (tertiary/aromatic N) is 2. The van der Waals surface area contributed by atoms with Crippen LogP contribution in [0.2, 0.25) is 0 Å². The van der Waals surface area contributed by atoms with Crippen molar-refractivity contribution >= 4 is 23.0 Å². The van der Waals surface area contributed by atoms with E-state index in [1.54, 1.807) is 42.6 Å². The maximum atomic E-state index is 11.8. The van der Waals surface area contributed by atoms with Crippen LogP contribution in [0.1, 0.15) is 5.69 Å². The van der Waals surface area contributed by atoms with Crippen molar-refractivity contribution in [3.63, 3.8) is 0 Å². The zero-order valence-electron chi connectivity index (χ0n) is 8.75. The van der Waals surface area contributed by atoms with Crippen molar-refractivity contribution < 1.29 is 9.55 Å². The number of nitrogens with one attached hydrogen (secondary N) is 1. The summed E-state index contributed by atoms with van der Waals surface area (Å²) in [6.07, 6.45) is 1.68. The van der Waals surface area contributed by atoms with Crippen molar-refractivity contribution in [3.8, 4) is 0 Å². The lowest BCUT2D eigenvalue weighted by Gasteiger charge is -2.04. The number of rotatable bonds is 1. The standard InChI is InChI=1S/C12H8N3O2/c16-12-11(9-5-3-7-13-9)14-8-4-1-2-6-10(8)15(12)17/h1-7,13H/q+1. The van der Waals surface area contributed by atoms with E-state index >= 15 is 0 Å². The van der Waals surface area contributed by atoms with Gasteiger partial charge in [0.05, 0.1) is 5.69 Å². The summed E-state index contributed by atoms with van der Waals surface area (Å²) in [7, 11) is 0. The number of para-hydroxylation sites is 2. The Morgan fingerprint density at radius 3 is 2.71 bits per heavy atom. The van der Waals surface area contributed by atoms with Gasteiger partial charge in [-0.15, -0.1) is 0 Å². The summed E-state index contributed by atoms with van der Waals surface area (Å²) < 4.78 is 0.374. The molecule has 1 aliphatic rings. The van der Waals surface area contributed by atoms with Gasteiger partial charge in [0.2, 0.25) is 5.71 Å². The summed E-state index contributed by atoms with van der Waals surface area (Å²) in [6.45, 7) is 0. The molecule has 1 aromatic heterocycles. The van der Waals surface area contributed by atoms with Crippen LogP contribution in [0.25, 0.3) is 0 Å². The Hall–Kier alpha value is -2.56. The topological polar surface area (TPSA) is 65.3 Å². The van der Waals surface area contributed by atoms with Crippen molar-refractivity contribution in [2.45, 2.75) is 0 Å². The Bertz CT molecular complexity index is 642. The van der Waals surface area contributed by atoms with E-state index in [9.17, 15) is 9.70 Å². The predicted molar refractivity (Wildman–Crippen MR) is 61.7 cm³/mol. The number of carbonyl (C=O) groups is 1. The number of fused-ring (bicyclic) bond motifs is 1. The highest BCUT2D eigenvalue weighted by Gasteiger charge is 2.38. The molecule has 17 heavy (non-hydrogen) atoms. The Labute approximate surface area is 96.4 Å². The van der Waals surface area contributed by atoms with Gasteiger partial charge in [-0.2, -0.15) is 0 Å². The van der Waals surface area contributed by atoms with Gasteiger partial charge in [-0.3, -0.25) is 0 Å². The number of H-pyrrole nitrogens is 1. The fraction of sp³-hybridized carbons (Fsp3) is 0. The van der Waals surface area contributed by atoms with Crippen LogP contribution in [-0.4, -0.2) is 21.4 Å². The molecule has 0 saturated heterocycles. The van der Waals surface area contributed by atoms with E-state index in [1.165, 1.54) is 0 Å². The van der Waals surface area contributed by atoms with E-state index in [0.717, 1.165) is 0 Å². The van der Waals surface area contributed by atoms with Gasteiger partial charge in [-0.05, 0) is 18.2 Å². The first-order valence-electron chi connectivity index (χ1n) is 5.10. The van der Waals surface area contributed by atoms with Crippen LogP contribution in [-0.2, 0) is 4.79 Å². The minimum absolute atomic E-state index is 0.142. The van der Waals surface area contributed by atoms with Crippen LogP contribution >= 0.6 is 0 Å². The van der Waals surface area contributed by atoms with Crippen molar-refractivity contribution in [3.05, 3.63) is 53.2 Å². The van der Waals surface area contributed by atoms with Crippen LogP contribution in [0.15, 0.2) is 47.6 Å². The molecule has 1 N–H and O–H groups in total. The fourth-order valence-corrected chi connectivity index (χ4v) is 1.76. The zero-order valence-corrected chi connectivity index (χ0v) is 8.75. The van der Waals surface area contributed by atoms with Crippen LogP contribution in [0, 0.1) is 4.91 Å². The summed E-state index contributed by atoms with van der Waals surface area (Å²) in [5, 5.41) is 0. The van der Waals surface area contributed by atoms with Gasteiger partial charge in [-0.1, -0.05) is 12.1 Å². The summed E-state index contributed by atoms with van der Waals surface area (Å²) in [5.74, 6) is -0.647. The minimum Gasteiger partial charge on any atom is -0.360 e. The number of benzene rings is 1. The van der Waals surface area contributed by atoms with Gasteiger partial charge in [-0.25, -0.2) is 9.79 Å². The number of hydrogen-bond donors (Lipinski definition) is 1. The van der Waals surface area contributed by atoms with Gasteiger partial charge >= 0.3 is 5.91 Å². The normalized spacial score (nSPS) is 14.5. The van der Waals surface area contributed by atoms with E-state index < -0.39 is 5.91 Å². The SMILES string of the molecule is O=C1C(c2ccc[nH]2)=Nc2ccccc2[N+]1=O. The van der Waals surface area contributed by atoms with Gasteiger partial charge in [0.1, 0.15) is 10.4 Å². The van der Waals surface area contributed by atoms with E-state index in [0.29, 0.717) is 16.1 Å². The van der Waals surface area contributed by atoms with Crippen LogP contribution < -0.4 is 0 Å². The van der Waals surface area contributed by atoms with E-state index in [2.05, 4.69) is 9.98 Å². The molecule has 1 amide bonds. The molecule has 0 unspecified atom stereocenters. The van der Waals surface area contributed by atoms with Crippen molar-refractivity contribution in [1.29, 1.82) is 0 Å². The molecule has 5 heteroatoms. The van der Waals surface area contributed by atoms with Crippen molar-refractivity contribution in [2.24, 2.45) is 4.99 Å². The largest absolute Gasteiger partial charge is 0.492 e. The number of amides is 1. The van der Waals surface area contributed by atoms with Gasteiger partial charge < -0.3 is 4.98 Å².